The van der Waals surface area contributed by atoms with Gasteiger partial charge in [0.25, 0.3) is 5.91 Å². The Morgan fingerprint density at radius 3 is 2.44 bits per heavy atom. The Bertz CT molecular complexity index is 1100. The number of carbonyl (C=O) groups excluding carboxylic acids is 1. The fourth-order valence-corrected chi connectivity index (χ4v) is 3.77. The number of benzene rings is 2. The Labute approximate surface area is 165 Å². The number of aromatic nitrogens is 2. The van der Waals surface area contributed by atoms with Crippen molar-refractivity contribution >= 4 is 49.7 Å². The molecule has 0 bridgehead atoms. The minimum absolute atomic E-state index is 0.359. The van der Waals surface area contributed by atoms with Gasteiger partial charge in [0.2, 0.25) is 15.2 Å². The number of halogens is 1. The molecule has 2 aromatic carbocycles. The van der Waals surface area contributed by atoms with Gasteiger partial charge in [-0.2, -0.15) is 0 Å². The largest absolute Gasteiger partial charge is 0.296 e. The third-order valence-electron chi connectivity index (χ3n) is 3.52. The summed E-state index contributed by atoms with van der Waals surface area (Å²) in [5, 5.41) is 12.4. The van der Waals surface area contributed by atoms with Crippen LogP contribution in [-0.2, 0) is 10.0 Å². The molecule has 0 aliphatic carbocycles. The number of hydrogen-bond donors (Lipinski definition) is 2. The number of sulfonamides is 1. The van der Waals surface area contributed by atoms with Gasteiger partial charge in [-0.05, 0) is 42.8 Å². The van der Waals surface area contributed by atoms with Gasteiger partial charge in [0, 0.05) is 16.1 Å². The van der Waals surface area contributed by atoms with Crippen molar-refractivity contribution < 1.29 is 13.2 Å². The molecule has 0 radical (unpaired) electrons. The highest BCUT2D eigenvalue weighted by atomic mass is 35.5. The lowest BCUT2D eigenvalue weighted by Gasteiger charge is -2.09. The summed E-state index contributed by atoms with van der Waals surface area (Å²) in [7, 11) is -3.38. The van der Waals surface area contributed by atoms with Crippen LogP contribution in [-0.4, -0.2) is 30.8 Å². The van der Waals surface area contributed by atoms with Crippen LogP contribution in [0.15, 0.2) is 42.5 Å². The molecule has 2 N–H and O–H groups in total. The van der Waals surface area contributed by atoms with Crippen molar-refractivity contribution in [3.8, 4) is 10.6 Å². The van der Waals surface area contributed by atoms with Crippen molar-refractivity contribution in [2.45, 2.75) is 6.92 Å². The normalized spacial score (nSPS) is 11.2. The van der Waals surface area contributed by atoms with E-state index in [4.69, 9.17) is 11.6 Å². The summed E-state index contributed by atoms with van der Waals surface area (Å²) < 4.78 is 25.1. The molecule has 0 aliphatic rings. The highest BCUT2D eigenvalue weighted by Crippen LogP contribution is 2.27. The summed E-state index contributed by atoms with van der Waals surface area (Å²) >= 11 is 7.11. The monoisotopic (exact) mass is 422 g/mol. The molecular formula is C17H15ClN4O3S2. The number of nitrogens with one attached hydrogen (secondary N) is 2. The van der Waals surface area contributed by atoms with Crippen LogP contribution >= 0.6 is 22.9 Å². The molecule has 0 fully saturated rings. The summed E-state index contributed by atoms with van der Waals surface area (Å²) in [4.78, 5) is 12.4. The number of carbonyl (C=O) groups is 1. The van der Waals surface area contributed by atoms with E-state index in [2.05, 4.69) is 20.2 Å². The number of hydrogen-bond acceptors (Lipinski definition) is 6. The molecule has 7 nitrogen and oxygen atoms in total. The van der Waals surface area contributed by atoms with Gasteiger partial charge in [0.05, 0.1) is 11.9 Å². The van der Waals surface area contributed by atoms with E-state index >= 15 is 0 Å². The molecule has 27 heavy (non-hydrogen) atoms. The molecule has 3 rings (SSSR count). The summed E-state index contributed by atoms with van der Waals surface area (Å²) in [6.45, 7) is 1.72. The summed E-state index contributed by atoms with van der Waals surface area (Å²) in [6, 6.07) is 11.8. The Hall–Kier alpha value is -2.49. The van der Waals surface area contributed by atoms with Crippen LogP contribution < -0.4 is 10.0 Å². The zero-order valence-corrected chi connectivity index (χ0v) is 16.7. The van der Waals surface area contributed by atoms with E-state index < -0.39 is 10.0 Å². The molecule has 140 valence electrons. The zero-order valence-electron chi connectivity index (χ0n) is 14.4. The van der Waals surface area contributed by atoms with Crippen molar-refractivity contribution in [3.05, 3.63) is 58.6 Å². The Balaban J connectivity index is 1.74. The summed E-state index contributed by atoms with van der Waals surface area (Å²) in [6.07, 6.45) is 1.07. The van der Waals surface area contributed by atoms with Crippen molar-refractivity contribution in [2.75, 3.05) is 16.3 Å². The van der Waals surface area contributed by atoms with Crippen LogP contribution in [0.3, 0.4) is 0 Å². The quantitative estimate of drug-likeness (QED) is 0.651. The molecule has 3 aromatic rings. The fourth-order valence-electron chi connectivity index (χ4n) is 2.27. The number of amides is 1. The lowest BCUT2D eigenvalue weighted by Crippen LogP contribution is -2.14. The second-order valence-electron chi connectivity index (χ2n) is 5.78. The van der Waals surface area contributed by atoms with Gasteiger partial charge in [-0.25, -0.2) is 8.42 Å². The highest BCUT2D eigenvalue weighted by molar-refractivity contribution is 7.92. The topological polar surface area (TPSA) is 101 Å². The van der Waals surface area contributed by atoms with Gasteiger partial charge in [-0.3, -0.25) is 14.8 Å². The molecule has 10 heteroatoms. The van der Waals surface area contributed by atoms with Gasteiger partial charge >= 0.3 is 0 Å². The number of rotatable bonds is 5. The number of anilines is 2. The fraction of sp³-hybridized carbons (Fsp3) is 0.118. The van der Waals surface area contributed by atoms with E-state index in [1.54, 1.807) is 31.2 Å². The van der Waals surface area contributed by atoms with Crippen molar-refractivity contribution in [3.63, 3.8) is 0 Å². The lowest BCUT2D eigenvalue weighted by molar-refractivity contribution is 0.102. The molecule has 1 heterocycles. The molecule has 0 atom stereocenters. The summed E-state index contributed by atoms with van der Waals surface area (Å²) in [5.41, 5.74) is 2.29. The first-order chi connectivity index (χ1) is 12.7. The standard InChI is InChI=1S/C17H15ClN4O3S2/c1-10-9-12(5-8-14(10)22-27(2,24)25)15(23)19-17-21-20-16(26-17)11-3-6-13(18)7-4-11/h3-9,22H,1-2H3,(H,19,21,23). The van der Waals surface area contributed by atoms with Crippen LogP contribution in [0.1, 0.15) is 15.9 Å². The van der Waals surface area contributed by atoms with Crippen molar-refractivity contribution in [2.24, 2.45) is 0 Å². The van der Waals surface area contributed by atoms with Gasteiger partial charge in [0.15, 0.2) is 0 Å². The minimum Gasteiger partial charge on any atom is -0.296 e. The molecule has 0 aliphatic heterocycles. The molecular weight excluding hydrogens is 408 g/mol. The maximum atomic E-state index is 12.4. The number of nitrogens with zero attached hydrogens (tertiary/aromatic N) is 2. The first kappa shape index (κ1) is 19.3. The lowest BCUT2D eigenvalue weighted by atomic mass is 10.1. The third-order valence-corrected chi connectivity index (χ3v) is 5.25. The van der Waals surface area contributed by atoms with Crippen molar-refractivity contribution in [1.82, 2.24) is 10.2 Å². The Morgan fingerprint density at radius 1 is 1.11 bits per heavy atom. The maximum Gasteiger partial charge on any atom is 0.257 e. The van der Waals surface area contributed by atoms with Crippen LogP contribution in [0.4, 0.5) is 10.8 Å². The maximum absolute atomic E-state index is 12.4. The second-order valence-corrected chi connectivity index (χ2v) is 8.94. The third kappa shape index (κ3) is 5.03. The van der Waals surface area contributed by atoms with E-state index in [1.165, 1.54) is 17.4 Å². The van der Waals surface area contributed by atoms with Crippen LogP contribution in [0.5, 0.6) is 0 Å². The van der Waals surface area contributed by atoms with E-state index in [0.29, 0.717) is 32.0 Å². The van der Waals surface area contributed by atoms with Crippen LogP contribution in [0, 0.1) is 6.92 Å². The van der Waals surface area contributed by atoms with Gasteiger partial charge in [0.1, 0.15) is 5.01 Å². The minimum atomic E-state index is -3.38. The SMILES string of the molecule is Cc1cc(C(=O)Nc2nnc(-c3ccc(Cl)cc3)s2)ccc1NS(C)(=O)=O. The van der Waals surface area contributed by atoms with E-state index in [9.17, 15) is 13.2 Å². The van der Waals surface area contributed by atoms with Crippen molar-refractivity contribution in [1.29, 1.82) is 0 Å². The van der Waals surface area contributed by atoms with Gasteiger partial charge in [-0.15, -0.1) is 10.2 Å². The highest BCUT2D eigenvalue weighted by Gasteiger charge is 2.13. The Morgan fingerprint density at radius 2 is 1.81 bits per heavy atom. The number of aryl methyl sites for hydroxylation is 1. The summed E-state index contributed by atoms with van der Waals surface area (Å²) in [5.74, 6) is -0.359. The van der Waals surface area contributed by atoms with Crippen LogP contribution in [0.25, 0.3) is 10.6 Å². The van der Waals surface area contributed by atoms with Crippen LogP contribution in [0.2, 0.25) is 5.02 Å². The smallest absolute Gasteiger partial charge is 0.257 e. The molecule has 0 saturated heterocycles. The molecule has 0 saturated carbocycles. The zero-order chi connectivity index (χ0) is 19.6. The first-order valence-corrected chi connectivity index (χ1v) is 10.8. The average molecular weight is 423 g/mol. The predicted molar refractivity (Wildman–Crippen MR) is 108 cm³/mol. The second kappa shape index (κ2) is 7.63. The molecule has 0 unspecified atom stereocenters. The average Bonchev–Trinajstić information content (AvgIpc) is 3.04. The predicted octanol–water partition coefficient (Wildman–Crippen LogP) is 3.79. The van der Waals surface area contributed by atoms with Gasteiger partial charge < -0.3 is 0 Å². The molecule has 1 aromatic heterocycles. The van der Waals surface area contributed by atoms with E-state index in [-0.39, 0.29) is 5.91 Å². The Kier molecular flexibility index (Phi) is 5.45. The first-order valence-electron chi connectivity index (χ1n) is 7.70. The molecule has 1 amide bonds. The van der Waals surface area contributed by atoms with Gasteiger partial charge in [-0.1, -0.05) is 35.1 Å². The van der Waals surface area contributed by atoms with E-state index in [0.717, 1.165) is 11.8 Å². The van der Waals surface area contributed by atoms with E-state index in [1.807, 2.05) is 12.1 Å². The molecule has 0 spiro atoms.